The van der Waals surface area contributed by atoms with E-state index in [2.05, 4.69) is 20.9 Å². The number of hydrogen-bond acceptors (Lipinski definition) is 6. The third kappa shape index (κ3) is 5.05. The van der Waals surface area contributed by atoms with Crippen molar-refractivity contribution >= 4 is 29.6 Å². The van der Waals surface area contributed by atoms with Crippen molar-refractivity contribution in [3.8, 4) is 5.75 Å². The van der Waals surface area contributed by atoms with E-state index in [0.717, 1.165) is 18.9 Å². The first-order valence-corrected chi connectivity index (χ1v) is 11.2. The average molecular weight is 467 g/mol. The lowest BCUT2D eigenvalue weighted by molar-refractivity contribution is -0.151. The fraction of sp³-hybridized carbons (Fsp3) is 0.591. The highest BCUT2D eigenvalue weighted by Crippen LogP contribution is 2.60. The van der Waals surface area contributed by atoms with Crippen molar-refractivity contribution in [1.29, 1.82) is 0 Å². The summed E-state index contributed by atoms with van der Waals surface area (Å²) in [5.74, 6) is -0.718. The number of halogens is 2. The van der Waals surface area contributed by atoms with Crippen LogP contribution in [0.2, 0.25) is 5.02 Å². The van der Waals surface area contributed by atoms with E-state index in [1.54, 1.807) is 7.11 Å². The van der Waals surface area contributed by atoms with Crippen LogP contribution in [-0.4, -0.2) is 68.1 Å². The molecule has 2 atom stereocenters. The average Bonchev–Trinajstić information content (AvgIpc) is 2.73. The Morgan fingerprint density at radius 3 is 2.69 bits per heavy atom. The summed E-state index contributed by atoms with van der Waals surface area (Å²) < 4.78 is 23.8. The SMILES string of the molecule is COCCCC1C=NC(C(=O)NC23CC(NC(=O)COc4ccc(Cl)c(F)c4)(C2)C3)CN1. The summed E-state index contributed by atoms with van der Waals surface area (Å²) in [5, 5.41) is 9.43. The monoisotopic (exact) mass is 466 g/mol. The van der Waals surface area contributed by atoms with Crippen molar-refractivity contribution in [3.05, 3.63) is 29.0 Å². The molecule has 1 heterocycles. The lowest BCUT2D eigenvalue weighted by atomic mass is 9.44. The van der Waals surface area contributed by atoms with Gasteiger partial charge in [-0.3, -0.25) is 14.6 Å². The predicted molar refractivity (Wildman–Crippen MR) is 118 cm³/mol. The molecule has 0 radical (unpaired) electrons. The van der Waals surface area contributed by atoms with E-state index in [1.165, 1.54) is 12.1 Å². The summed E-state index contributed by atoms with van der Waals surface area (Å²) in [6, 6.07) is 3.78. The molecule has 3 aliphatic carbocycles. The Kier molecular flexibility index (Phi) is 6.69. The molecule has 32 heavy (non-hydrogen) atoms. The fourth-order valence-electron chi connectivity index (χ4n) is 4.81. The molecule has 0 saturated heterocycles. The van der Waals surface area contributed by atoms with Crippen LogP contribution in [0.3, 0.4) is 0 Å². The molecule has 0 aromatic heterocycles. The number of hydrogen-bond donors (Lipinski definition) is 3. The minimum absolute atomic E-state index is 0.000365. The Morgan fingerprint density at radius 2 is 2.03 bits per heavy atom. The minimum atomic E-state index is -0.596. The van der Waals surface area contributed by atoms with Gasteiger partial charge in [0, 0.05) is 49.7 Å². The second-order valence-electron chi connectivity index (χ2n) is 8.96. The van der Waals surface area contributed by atoms with Gasteiger partial charge < -0.3 is 25.4 Å². The third-order valence-electron chi connectivity index (χ3n) is 6.27. The molecule has 3 saturated carbocycles. The van der Waals surface area contributed by atoms with Gasteiger partial charge in [0.05, 0.1) is 5.02 Å². The maximum Gasteiger partial charge on any atom is 0.258 e. The Balaban J connectivity index is 1.16. The molecule has 3 fully saturated rings. The van der Waals surface area contributed by atoms with E-state index in [0.29, 0.717) is 32.4 Å². The number of amides is 2. The van der Waals surface area contributed by atoms with Crippen LogP contribution in [-0.2, 0) is 14.3 Å². The normalized spacial score (nSPS) is 30.1. The molecule has 2 unspecified atom stereocenters. The second kappa shape index (κ2) is 9.33. The highest BCUT2D eigenvalue weighted by molar-refractivity contribution is 6.30. The fourth-order valence-corrected chi connectivity index (χ4v) is 4.92. The Labute approximate surface area is 191 Å². The molecule has 1 aromatic carbocycles. The van der Waals surface area contributed by atoms with Gasteiger partial charge in [0.2, 0.25) is 5.91 Å². The number of aliphatic imine (C=N–C) groups is 1. The molecule has 5 rings (SSSR count). The maximum atomic E-state index is 13.4. The summed E-state index contributed by atoms with van der Waals surface area (Å²) in [6.07, 6.45) is 5.76. The number of benzene rings is 1. The minimum Gasteiger partial charge on any atom is -0.484 e. The number of ether oxygens (including phenoxy) is 2. The van der Waals surface area contributed by atoms with Crippen LogP contribution in [0.15, 0.2) is 23.2 Å². The van der Waals surface area contributed by atoms with Crippen molar-refractivity contribution in [3.63, 3.8) is 0 Å². The number of carbonyl (C=O) groups is 2. The number of nitrogens with zero attached hydrogens (tertiary/aromatic N) is 1. The van der Waals surface area contributed by atoms with Gasteiger partial charge in [-0.2, -0.15) is 0 Å². The third-order valence-corrected chi connectivity index (χ3v) is 6.58. The first-order chi connectivity index (χ1) is 15.3. The molecule has 1 aliphatic heterocycles. The van der Waals surface area contributed by atoms with Gasteiger partial charge in [0.1, 0.15) is 17.6 Å². The molecule has 2 bridgehead atoms. The smallest absolute Gasteiger partial charge is 0.258 e. The standard InChI is InChI=1S/C22H28ClFN4O4/c1-31-6-2-3-14-8-26-18(9-25-14)20(30)28-22-11-21(12-22,13-22)27-19(29)10-32-15-4-5-16(23)17(24)7-15/h4-5,7-8,14,18,25H,2-3,6,9-13H2,1H3,(H,27,29)(H,28,30). The summed E-state index contributed by atoms with van der Waals surface area (Å²) >= 11 is 5.64. The van der Waals surface area contributed by atoms with E-state index in [9.17, 15) is 14.0 Å². The molecule has 2 amide bonds. The van der Waals surface area contributed by atoms with E-state index in [-0.39, 0.29) is 46.3 Å². The van der Waals surface area contributed by atoms with Crippen molar-refractivity contribution in [2.75, 3.05) is 26.9 Å². The molecular weight excluding hydrogens is 439 g/mol. The van der Waals surface area contributed by atoms with E-state index < -0.39 is 11.9 Å². The van der Waals surface area contributed by atoms with Crippen molar-refractivity contribution in [2.45, 2.75) is 55.3 Å². The highest BCUT2D eigenvalue weighted by atomic mass is 35.5. The van der Waals surface area contributed by atoms with Gasteiger partial charge in [-0.15, -0.1) is 0 Å². The van der Waals surface area contributed by atoms with Gasteiger partial charge in [-0.05, 0) is 44.2 Å². The van der Waals surface area contributed by atoms with Gasteiger partial charge in [0.25, 0.3) is 5.91 Å². The summed E-state index contributed by atoms with van der Waals surface area (Å²) in [7, 11) is 1.68. The van der Waals surface area contributed by atoms with E-state index in [4.69, 9.17) is 21.1 Å². The van der Waals surface area contributed by atoms with Gasteiger partial charge >= 0.3 is 0 Å². The predicted octanol–water partition coefficient (Wildman–Crippen LogP) is 1.60. The van der Waals surface area contributed by atoms with Crippen LogP contribution in [0, 0.1) is 5.82 Å². The van der Waals surface area contributed by atoms with Crippen LogP contribution in [0.5, 0.6) is 5.75 Å². The molecule has 4 aliphatic rings. The largest absolute Gasteiger partial charge is 0.484 e. The molecule has 10 heteroatoms. The lowest BCUT2D eigenvalue weighted by Crippen LogP contribution is -2.84. The van der Waals surface area contributed by atoms with Crippen LogP contribution in [0.4, 0.5) is 4.39 Å². The van der Waals surface area contributed by atoms with Crippen molar-refractivity contribution in [2.24, 2.45) is 4.99 Å². The van der Waals surface area contributed by atoms with Crippen molar-refractivity contribution < 1.29 is 23.5 Å². The van der Waals surface area contributed by atoms with Crippen LogP contribution in [0.1, 0.15) is 32.1 Å². The van der Waals surface area contributed by atoms with E-state index >= 15 is 0 Å². The Morgan fingerprint density at radius 1 is 1.28 bits per heavy atom. The molecule has 3 N–H and O–H groups in total. The van der Waals surface area contributed by atoms with Crippen molar-refractivity contribution in [1.82, 2.24) is 16.0 Å². The zero-order chi connectivity index (χ0) is 22.8. The zero-order valence-electron chi connectivity index (χ0n) is 18.0. The number of methoxy groups -OCH3 is 1. The second-order valence-corrected chi connectivity index (χ2v) is 9.36. The van der Waals surface area contributed by atoms with Gasteiger partial charge in [-0.1, -0.05) is 11.6 Å². The molecule has 174 valence electrons. The van der Waals surface area contributed by atoms with E-state index in [1.807, 2.05) is 6.21 Å². The topological polar surface area (TPSA) is 101 Å². The quantitative estimate of drug-likeness (QED) is 0.455. The first-order valence-electron chi connectivity index (χ1n) is 10.8. The maximum absolute atomic E-state index is 13.4. The Hall–Kier alpha value is -2.23. The summed E-state index contributed by atoms with van der Waals surface area (Å²) in [5.41, 5.74) is -0.547. The van der Waals surface area contributed by atoms with Gasteiger partial charge in [-0.25, -0.2) is 4.39 Å². The van der Waals surface area contributed by atoms with Crippen LogP contribution >= 0.6 is 11.6 Å². The summed E-state index contributed by atoms with van der Waals surface area (Å²) in [4.78, 5) is 29.2. The first kappa shape index (κ1) is 22.9. The number of carbonyl (C=O) groups excluding carboxylic acids is 2. The molecule has 8 nitrogen and oxygen atoms in total. The van der Waals surface area contributed by atoms with Crippen LogP contribution in [0.25, 0.3) is 0 Å². The number of nitrogens with one attached hydrogen (secondary N) is 3. The van der Waals surface area contributed by atoms with Crippen LogP contribution < -0.4 is 20.7 Å². The highest BCUT2D eigenvalue weighted by Gasteiger charge is 2.69. The molecule has 1 aromatic rings. The Bertz CT molecular complexity index is 892. The number of rotatable bonds is 10. The lowest BCUT2D eigenvalue weighted by Gasteiger charge is -2.70. The molecule has 0 spiro atoms. The summed E-state index contributed by atoms with van der Waals surface area (Å²) in [6.45, 7) is 1.01. The molecular formula is C22H28ClFN4O4. The van der Waals surface area contributed by atoms with Gasteiger partial charge in [0.15, 0.2) is 6.61 Å². The zero-order valence-corrected chi connectivity index (χ0v) is 18.7.